The Hall–Kier alpha value is -2.00. The second-order valence-electron chi connectivity index (χ2n) is 2.47. The van der Waals surface area contributed by atoms with Crippen molar-refractivity contribution in [3.63, 3.8) is 0 Å². The fraction of sp³-hybridized carbons (Fsp3) is 0.125. The number of hydrogen-bond acceptors (Lipinski definition) is 2. The summed E-state index contributed by atoms with van der Waals surface area (Å²) in [5.41, 5.74) is 9.07. The number of nitrogens with zero attached hydrogens (tertiary/aromatic N) is 3. The maximum Gasteiger partial charge on any atom is 0.336 e. The highest BCUT2D eigenvalue weighted by Crippen LogP contribution is 2.23. The second-order valence-corrected chi connectivity index (χ2v) is 2.47. The number of hydrogen-bond donors (Lipinski definition) is 1. The zero-order valence-corrected chi connectivity index (χ0v) is 6.93. The van der Waals surface area contributed by atoms with Gasteiger partial charge in [-0.15, -0.1) is 0 Å². The predicted molar refractivity (Wildman–Crippen MR) is 46.9 cm³/mol. The molecule has 0 heterocycles. The van der Waals surface area contributed by atoms with E-state index in [2.05, 4.69) is 10.0 Å². The average molecular weight is 177 g/mol. The summed E-state index contributed by atoms with van der Waals surface area (Å²) in [5.74, 6) is -1.09. The molecule has 0 aromatic heterocycles. The molecule has 66 valence electrons. The van der Waals surface area contributed by atoms with Crippen molar-refractivity contribution in [2.45, 2.75) is 6.92 Å². The van der Waals surface area contributed by atoms with Crippen molar-refractivity contribution in [2.24, 2.45) is 5.11 Å². The van der Waals surface area contributed by atoms with E-state index in [1.54, 1.807) is 19.1 Å². The molecule has 5 nitrogen and oxygen atoms in total. The molecule has 0 unspecified atom stereocenters. The first-order valence-electron chi connectivity index (χ1n) is 3.55. The van der Waals surface area contributed by atoms with Crippen LogP contribution in [0.1, 0.15) is 15.9 Å². The fourth-order valence-corrected chi connectivity index (χ4v) is 1.01. The van der Waals surface area contributed by atoms with Crippen molar-refractivity contribution in [3.8, 4) is 0 Å². The van der Waals surface area contributed by atoms with Crippen LogP contribution in [0.4, 0.5) is 5.69 Å². The summed E-state index contributed by atoms with van der Waals surface area (Å²) < 4.78 is 0. The maximum atomic E-state index is 10.7. The van der Waals surface area contributed by atoms with Gasteiger partial charge in [0, 0.05) is 4.91 Å². The molecule has 1 rings (SSSR count). The van der Waals surface area contributed by atoms with Crippen molar-refractivity contribution in [2.75, 3.05) is 0 Å². The molecule has 0 aliphatic carbocycles. The molecule has 0 spiro atoms. The lowest BCUT2D eigenvalue weighted by Gasteiger charge is -2.02. The minimum atomic E-state index is -1.09. The highest BCUT2D eigenvalue weighted by Gasteiger charge is 2.09. The van der Waals surface area contributed by atoms with Gasteiger partial charge in [0.25, 0.3) is 0 Å². The van der Waals surface area contributed by atoms with E-state index in [0.29, 0.717) is 5.56 Å². The van der Waals surface area contributed by atoms with Crippen LogP contribution in [-0.4, -0.2) is 11.1 Å². The van der Waals surface area contributed by atoms with Gasteiger partial charge in [-0.25, -0.2) is 4.79 Å². The molecule has 1 N–H and O–H groups in total. The zero-order chi connectivity index (χ0) is 9.84. The van der Waals surface area contributed by atoms with Gasteiger partial charge in [0.1, 0.15) is 0 Å². The molecule has 0 saturated heterocycles. The van der Waals surface area contributed by atoms with Gasteiger partial charge >= 0.3 is 5.97 Å². The van der Waals surface area contributed by atoms with E-state index in [4.69, 9.17) is 10.6 Å². The highest BCUT2D eigenvalue weighted by atomic mass is 16.4. The third-order valence-corrected chi connectivity index (χ3v) is 1.61. The number of carbonyl (C=O) groups is 1. The van der Waals surface area contributed by atoms with Gasteiger partial charge in [0.05, 0.1) is 11.3 Å². The summed E-state index contributed by atoms with van der Waals surface area (Å²) in [6, 6.07) is 4.70. The lowest BCUT2D eigenvalue weighted by molar-refractivity contribution is 0.0697. The molecule has 5 heteroatoms. The smallest absolute Gasteiger partial charge is 0.336 e. The normalized spacial score (nSPS) is 9.00. The van der Waals surface area contributed by atoms with Gasteiger partial charge in [0.2, 0.25) is 0 Å². The summed E-state index contributed by atoms with van der Waals surface area (Å²) in [5, 5.41) is 12.1. The number of carboxylic acid groups (broad SMARTS) is 1. The monoisotopic (exact) mass is 177 g/mol. The third kappa shape index (κ3) is 1.77. The highest BCUT2D eigenvalue weighted by molar-refractivity contribution is 5.94. The van der Waals surface area contributed by atoms with E-state index >= 15 is 0 Å². The van der Waals surface area contributed by atoms with E-state index in [-0.39, 0.29) is 11.3 Å². The molecule has 1 aromatic rings. The Balaban J connectivity index is 3.42. The van der Waals surface area contributed by atoms with Crippen LogP contribution < -0.4 is 0 Å². The zero-order valence-electron chi connectivity index (χ0n) is 6.93. The van der Waals surface area contributed by atoms with Crippen molar-refractivity contribution in [3.05, 3.63) is 39.8 Å². The molecule has 0 aliphatic heterocycles. The van der Waals surface area contributed by atoms with Crippen molar-refractivity contribution in [1.82, 2.24) is 0 Å². The summed E-state index contributed by atoms with van der Waals surface area (Å²) in [6.07, 6.45) is 0. The fourth-order valence-electron chi connectivity index (χ4n) is 1.01. The van der Waals surface area contributed by atoms with Crippen molar-refractivity contribution < 1.29 is 9.90 Å². The molecule has 1 aromatic carbocycles. The van der Waals surface area contributed by atoms with Gasteiger partial charge in [-0.1, -0.05) is 17.2 Å². The number of rotatable bonds is 2. The Kier molecular flexibility index (Phi) is 2.52. The van der Waals surface area contributed by atoms with Gasteiger partial charge in [-0.05, 0) is 24.1 Å². The molecule has 0 amide bonds. The molecule has 0 bridgehead atoms. The van der Waals surface area contributed by atoms with Crippen LogP contribution in [0.3, 0.4) is 0 Å². The molecule has 0 saturated carbocycles. The van der Waals surface area contributed by atoms with E-state index in [9.17, 15) is 4.79 Å². The lowest BCUT2D eigenvalue weighted by Crippen LogP contribution is -1.96. The lowest BCUT2D eigenvalue weighted by atomic mass is 10.1. The van der Waals surface area contributed by atoms with Gasteiger partial charge in [0.15, 0.2) is 0 Å². The Bertz CT molecular complexity index is 394. The first kappa shape index (κ1) is 9.09. The van der Waals surface area contributed by atoms with E-state index in [1.807, 2.05) is 0 Å². The quantitative estimate of drug-likeness (QED) is 0.427. The van der Waals surface area contributed by atoms with Gasteiger partial charge < -0.3 is 5.11 Å². The Labute approximate surface area is 74.3 Å². The van der Waals surface area contributed by atoms with E-state index in [0.717, 1.165) is 0 Å². The number of aryl methyl sites for hydroxylation is 1. The van der Waals surface area contributed by atoms with Gasteiger partial charge in [-0.2, -0.15) is 0 Å². The van der Waals surface area contributed by atoms with Crippen LogP contribution in [0.5, 0.6) is 0 Å². The summed E-state index contributed by atoms with van der Waals surface area (Å²) in [7, 11) is 0. The van der Waals surface area contributed by atoms with Crippen LogP contribution in [0.25, 0.3) is 10.4 Å². The maximum absolute atomic E-state index is 10.7. The first-order valence-corrected chi connectivity index (χ1v) is 3.55. The number of aromatic carboxylic acids is 1. The largest absolute Gasteiger partial charge is 0.478 e. The molecule has 0 fully saturated rings. The number of benzene rings is 1. The second kappa shape index (κ2) is 3.60. The first-order chi connectivity index (χ1) is 6.16. The minimum absolute atomic E-state index is 0.0257. The van der Waals surface area contributed by atoms with Crippen molar-refractivity contribution >= 4 is 11.7 Å². The minimum Gasteiger partial charge on any atom is -0.478 e. The Morgan fingerprint density at radius 2 is 2.31 bits per heavy atom. The van der Waals surface area contributed by atoms with Crippen molar-refractivity contribution in [1.29, 1.82) is 0 Å². The standard InChI is InChI=1S/C8H7N3O2/c1-5-3-2-4-6(8(12)13)7(5)10-11-9/h2-4H,1H3,(H,12,13). The molecular weight excluding hydrogens is 170 g/mol. The average Bonchev–Trinajstić information content (AvgIpc) is 2.08. The summed E-state index contributed by atoms with van der Waals surface area (Å²) >= 11 is 0. The van der Waals surface area contributed by atoms with Crippen LogP contribution in [-0.2, 0) is 0 Å². The Morgan fingerprint density at radius 1 is 1.62 bits per heavy atom. The number of carboxylic acids is 1. The van der Waals surface area contributed by atoms with Crippen LogP contribution in [0, 0.1) is 6.92 Å². The molecule has 13 heavy (non-hydrogen) atoms. The SMILES string of the molecule is Cc1cccc(C(=O)O)c1N=[N+]=[N-]. The predicted octanol–water partition coefficient (Wildman–Crippen LogP) is 2.64. The van der Waals surface area contributed by atoms with Crippen LogP contribution >= 0.6 is 0 Å². The van der Waals surface area contributed by atoms with Crippen LogP contribution in [0.2, 0.25) is 0 Å². The Morgan fingerprint density at radius 3 is 2.85 bits per heavy atom. The van der Waals surface area contributed by atoms with E-state index in [1.165, 1.54) is 6.07 Å². The molecule has 0 aliphatic rings. The number of azide groups is 1. The van der Waals surface area contributed by atoms with Crippen LogP contribution in [0.15, 0.2) is 23.3 Å². The summed E-state index contributed by atoms with van der Waals surface area (Å²) in [6.45, 7) is 1.69. The summed E-state index contributed by atoms with van der Waals surface area (Å²) in [4.78, 5) is 13.2. The molecule has 0 atom stereocenters. The van der Waals surface area contributed by atoms with Gasteiger partial charge in [-0.3, -0.25) is 0 Å². The molecular formula is C8H7N3O2. The topological polar surface area (TPSA) is 86.1 Å². The molecule has 0 radical (unpaired) electrons. The third-order valence-electron chi connectivity index (χ3n) is 1.61. The van der Waals surface area contributed by atoms with E-state index < -0.39 is 5.97 Å².